The number of nitrogens with zero attached hydrogens (tertiary/aromatic N) is 7. The maximum atomic E-state index is 5.51. The lowest BCUT2D eigenvalue weighted by atomic mass is 10.2. The van der Waals surface area contributed by atoms with Gasteiger partial charge in [0, 0.05) is 39.8 Å². The van der Waals surface area contributed by atoms with Crippen molar-refractivity contribution in [2.45, 2.75) is 0 Å². The Labute approximate surface area is 325 Å². The second kappa shape index (κ2) is 15.6. The van der Waals surface area contributed by atoms with Crippen molar-refractivity contribution < 1.29 is 0 Å². The van der Waals surface area contributed by atoms with Crippen LogP contribution in [0.2, 0.25) is 0 Å². The SMILES string of the molecule is c1ccc(Nc2nc(N(c3ccccc3)c3ccccc3)nc3c(N(c4ccccc4)c4ccccc4)nc(N(c4ccccc4)c4ccccc4)nc23)cc1. The summed E-state index contributed by atoms with van der Waals surface area (Å²) in [4.78, 5) is 27.9. The number of hydrogen-bond donors (Lipinski definition) is 1. The van der Waals surface area contributed by atoms with Crippen LogP contribution in [-0.2, 0) is 0 Å². The first-order valence-corrected chi connectivity index (χ1v) is 18.4. The van der Waals surface area contributed by atoms with Crippen LogP contribution in [0.5, 0.6) is 0 Å². The number of nitrogens with one attached hydrogen (secondary N) is 1. The summed E-state index contributed by atoms with van der Waals surface area (Å²) < 4.78 is 0. The lowest BCUT2D eigenvalue weighted by Gasteiger charge is -2.29. The van der Waals surface area contributed by atoms with Crippen LogP contribution in [0.25, 0.3) is 11.0 Å². The summed E-state index contributed by atoms with van der Waals surface area (Å²) in [6.45, 7) is 0. The Kier molecular flexibility index (Phi) is 9.48. The molecule has 0 saturated carbocycles. The average molecular weight is 725 g/mol. The molecule has 0 aliphatic heterocycles. The summed E-state index contributed by atoms with van der Waals surface area (Å²) in [5.41, 5.74) is 7.42. The number of rotatable bonds is 11. The van der Waals surface area contributed by atoms with Gasteiger partial charge in [-0.2, -0.15) is 9.97 Å². The molecular formula is C48H36N8. The van der Waals surface area contributed by atoms with Crippen molar-refractivity contribution in [1.82, 2.24) is 19.9 Å². The van der Waals surface area contributed by atoms with Gasteiger partial charge in [0.15, 0.2) is 11.6 Å². The third kappa shape index (κ3) is 6.98. The second-order valence-electron chi connectivity index (χ2n) is 12.9. The van der Waals surface area contributed by atoms with Crippen LogP contribution in [-0.4, -0.2) is 19.9 Å². The highest BCUT2D eigenvalue weighted by molar-refractivity contribution is 6.00. The minimum Gasteiger partial charge on any atom is -0.338 e. The Hall–Kier alpha value is -7.84. The van der Waals surface area contributed by atoms with E-state index >= 15 is 0 Å². The Balaban J connectivity index is 1.40. The summed E-state index contributed by atoms with van der Waals surface area (Å²) in [7, 11) is 0. The van der Waals surface area contributed by atoms with Crippen molar-refractivity contribution in [2.75, 3.05) is 20.0 Å². The zero-order valence-electron chi connectivity index (χ0n) is 30.3. The van der Waals surface area contributed by atoms with E-state index in [1.54, 1.807) is 0 Å². The maximum absolute atomic E-state index is 5.51. The normalized spacial score (nSPS) is 10.9. The largest absolute Gasteiger partial charge is 0.338 e. The first-order chi connectivity index (χ1) is 27.8. The molecule has 0 unspecified atom stereocenters. The molecule has 0 bridgehead atoms. The summed E-state index contributed by atoms with van der Waals surface area (Å²) >= 11 is 0. The number of anilines is 11. The van der Waals surface area contributed by atoms with E-state index in [4.69, 9.17) is 19.9 Å². The highest BCUT2D eigenvalue weighted by Gasteiger charge is 2.27. The standard InChI is InChI=1S/C48H36N8/c1-8-22-36(23-9-1)49-45-43-44(51-47(52-45)55(39-28-14-4-15-29-39)40-30-16-5-17-31-40)46(54(37-24-10-2-11-25-37)38-26-12-3-13-27-38)53-48(50-43)56(41-32-18-6-19-33-41)42-34-20-7-21-35-42/h1-35H,(H,49,51,52). The van der Waals surface area contributed by atoms with Gasteiger partial charge in [0.1, 0.15) is 11.0 Å². The molecule has 2 aromatic heterocycles. The Morgan fingerprint density at radius 2 is 0.589 bits per heavy atom. The molecule has 0 amide bonds. The van der Waals surface area contributed by atoms with Gasteiger partial charge < -0.3 is 5.32 Å². The average Bonchev–Trinajstić information content (AvgIpc) is 3.27. The van der Waals surface area contributed by atoms with Crippen LogP contribution in [0.15, 0.2) is 212 Å². The number of fused-ring (bicyclic) bond motifs is 1. The molecular weight excluding hydrogens is 689 g/mol. The van der Waals surface area contributed by atoms with Crippen molar-refractivity contribution in [3.63, 3.8) is 0 Å². The molecule has 56 heavy (non-hydrogen) atoms. The predicted octanol–water partition coefficient (Wildman–Crippen LogP) is 12.6. The topological polar surface area (TPSA) is 73.3 Å². The first-order valence-electron chi connectivity index (χ1n) is 18.4. The van der Waals surface area contributed by atoms with Gasteiger partial charge in [-0.05, 0) is 84.9 Å². The molecule has 2 heterocycles. The van der Waals surface area contributed by atoms with E-state index < -0.39 is 0 Å². The van der Waals surface area contributed by atoms with E-state index in [1.165, 1.54) is 0 Å². The minimum absolute atomic E-state index is 0.454. The van der Waals surface area contributed by atoms with Gasteiger partial charge >= 0.3 is 0 Å². The summed E-state index contributed by atoms with van der Waals surface area (Å²) in [6.07, 6.45) is 0. The van der Waals surface area contributed by atoms with E-state index in [-0.39, 0.29) is 0 Å². The fraction of sp³-hybridized carbons (Fsp3) is 0. The van der Waals surface area contributed by atoms with Crippen molar-refractivity contribution in [3.05, 3.63) is 212 Å². The first kappa shape index (κ1) is 34.0. The van der Waals surface area contributed by atoms with E-state index in [9.17, 15) is 0 Å². The molecule has 0 spiro atoms. The van der Waals surface area contributed by atoms with Crippen molar-refractivity contribution in [3.8, 4) is 0 Å². The third-order valence-corrected chi connectivity index (χ3v) is 9.24. The molecule has 0 radical (unpaired) electrons. The minimum atomic E-state index is 0.454. The Morgan fingerprint density at radius 1 is 0.286 bits per heavy atom. The third-order valence-electron chi connectivity index (χ3n) is 9.24. The molecule has 268 valence electrons. The lowest BCUT2D eigenvalue weighted by Crippen LogP contribution is -2.20. The van der Waals surface area contributed by atoms with Gasteiger partial charge in [-0.1, -0.05) is 127 Å². The smallest absolute Gasteiger partial charge is 0.237 e. The van der Waals surface area contributed by atoms with Crippen LogP contribution < -0.4 is 20.0 Å². The van der Waals surface area contributed by atoms with Gasteiger partial charge in [-0.25, -0.2) is 9.97 Å². The van der Waals surface area contributed by atoms with Gasteiger partial charge in [0.25, 0.3) is 0 Å². The van der Waals surface area contributed by atoms with Crippen molar-refractivity contribution in [2.24, 2.45) is 0 Å². The highest BCUT2D eigenvalue weighted by atomic mass is 15.3. The van der Waals surface area contributed by atoms with Gasteiger partial charge in [0.05, 0.1) is 0 Å². The van der Waals surface area contributed by atoms with Crippen LogP contribution in [0, 0.1) is 0 Å². The molecule has 7 aromatic carbocycles. The summed E-state index contributed by atoms with van der Waals surface area (Å²) in [6, 6.07) is 71.2. The summed E-state index contributed by atoms with van der Waals surface area (Å²) in [5.74, 6) is 2.02. The van der Waals surface area contributed by atoms with E-state index in [0.717, 1.165) is 39.8 Å². The Morgan fingerprint density at radius 3 is 0.964 bits per heavy atom. The number of benzene rings is 7. The van der Waals surface area contributed by atoms with Gasteiger partial charge in [-0.15, -0.1) is 0 Å². The number of hydrogen-bond acceptors (Lipinski definition) is 8. The van der Waals surface area contributed by atoms with Crippen molar-refractivity contribution >= 4 is 74.4 Å². The molecule has 0 saturated heterocycles. The van der Waals surface area contributed by atoms with E-state index in [1.807, 2.05) is 140 Å². The molecule has 9 aromatic rings. The molecule has 0 fully saturated rings. The fourth-order valence-corrected chi connectivity index (χ4v) is 6.69. The maximum Gasteiger partial charge on any atom is 0.237 e. The molecule has 9 rings (SSSR count). The quantitative estimate of drug-likeness (QED) is 0.141. The lowest BCUT2D eigenvalue weighted by molar-refractivity contribution is 1.05. The molecule has 0 atom stereocenters. The van der Waals surface area contributed by atoms with Crippen LogP contribution in [0.4, 0.5) is 63.3 Å². The zero-order chi connectivity index (χ0) is 37.5. The zero-order valence-corrected chi connectivity index (χ0v) is 30.3. The summed E-state index contributed by atoms with van der Waals surface area (Å²) in [5, 5.41) is 3.63. The second-order valence-corrected chi connectivity index (χ2v) is 12.9. The highest BCUT2D eigenvalue weighted by Crippen LogP contribution is 2.43. The monoisotopic (exact) mass is 724 g/mol. The molecule has 8 heteroatoms. The van der Waals surface area contributed by atoms with E-state index in [0.29, 0.717) is 34.6 Å². The van der Waals surface area contributed by atoms with Crippen LogP contribution in [0.1, 0.15) is 0 Å². The fourth-order valence-electron chi connectivity index (χ4n) is 6.69. The predicted molar refractivity (Wildman–Crippen MR) is 229 cm³/mol. The molecule has 0 aliphatic rings. The van der Waals surface area contributed by atoms with Crippen LogP contribution >= 0.6 is 0 Å². The number of para-hydroxylation sites is 7. The van der Waals surface area contributed by atoms with Crippen LogP contribution in [0.3, 0.4) is 0 Å². The van der Waals surface area contributed by atoms with Gasteiger partial charge in [0.2, 0.25) is 11.9 Å². The van der Waals surface area contributed by atoms with E-state index in [2.05, 4.69) is 92.8 Å². The van der Waals surface area contributed by atoms with Gasteiger partial charge in [-0.3, -0.25) is 14.7 Å². The number of aromatic nitrogens is 4. The molecule has 0 aliphatic carbocycles. The molecule has 1 N–H and O–H groups in total. The van der Waals surface area contributed by atoms with Crippen molar-refractivity contribution in [1.29, 1.82) is 0 Å². The molecule has 8 nitrogen and oxygen atoms in total. The Bertz CT molecular complexity index is 2530.